The molecule has 37 heavy (non-hydrogen) atoms. The van der Waals surface area contributed by atoms with Gasteiger partial charge >= 0.3 is 0 Å². The largest absolute Gasteiger partial charge is 0.497 e. The number of rotatable bonds is 8. The minimum Gasteiger partial charge on any atom is -0.497 e. The van der Waals surface area contributed by atoms with Crippen LogP contribution in [0.25, 0.3) is 6.08 Å². The lowest BCUT2D eigenvalue weighted by molar-refractivity contribution is -0.152. The monoisotopic (exact) mass is 500 g/mol. The molecule has 5 rings (SSSR count). The number of anilines is 1. The summed E-state index contributed by atoms with van der Waals surface area (Å²) in [5.74, 6) is 2.14. The summed E-state index contributed by atoms with van der Waals surface area (Å²) in [5, 5.41) is 2.97. The van der Waals surface area contributed by atoms with E-state index in [1.54, 1.807) is 56.6 Å². The van der Waals surface area contributed by atoms with Crippen LogP contribution >= 0.6 is 0 Å². The number of nitrogens with one attached hydrogen (secondary N) is 1. The fraction of sp³-hybridized carbons (Fsp3) is 0.241. The molecule has 2 atom stereocenters. The van der Waals surface area contributed by atoms with Crippen LogP contribution in [0.1, 0.15) is 23.6 Å². The molecule has 2 unspecified atom stereocenters. The fourth-order valence-corrected chi connectivity index (χ4v) is 4.74. The van der Waals surface area contributed by atoms with E-state index in [1.807, 2.05) is 42.5 Å². The number of ether oxygens (including phenoxy) is 4. The van der Waals surface area contributed by atoms with Crippen LogP contribution in [0.3, 0.4) is 0 Å². The zero-order valence-corrected chi connectivity index (χ0v) is 20.9. The summed E-state index contributed by atoms with van der Waals surface area (Å²) in [7, 11) is 4.72. The Balaban J connectivity index is 1.51. The third kappa shape index (κ3) is 4.70. The molecular formula is C29H28N2O6. The second-order valence-corrected chi connectivity index (χ2v) is 8.80. The summed E-state index contributed by atoms with van der Waals surface area (Å²) in [6.45, 7) is 0.195. The quantitative estimate of drug-likeness (QED) is 0.460. The van der Waals surface area contributed by atoms with Gasteiger partial charge in [0.25, 0.3) is 5.91 Å². The van der Waals surface area contributed by atoms with E-state index in [0.29, 0.717) is 28.5 Å². The third-order valence-electron chi connectivity index (χ3n) is 6.67. The van der Waals surface area contributed by atoms with Crippen molar-refractivity contribution in [2.24, 2.45) is 0 Å². The van der Waals surface area contributed by atoms with Gasteiger partial charge in [-0.05, 0) is 59.7 Å². The Labute approximate surface area is 215 Å². The number of amides is 2. The van der Waals surface area contributed by atoms with Gasteiger partial charge in [0.1, 0.15) is 24.1 Å². The lowest BCUT2D eigenvalue weighted by Gasteiger charge is -2.46. The number of β-lactam (4-membered cyclic amide) rings is 1. The van der Waals surface area contributed by atoms with E-state index in [0.717, 1.165) is 16.9 Å². The Hall–Kier alpha value is -4.46. The van der Waals surface area contributed by atoms with Crippen LogP contribution in [0, 0.1) is 0 Å². The van der Waals surface area contributed by atoms with Gasteiger partial charge in [-0.2, -0.15) is 0 Å². The number of hydrogen-bond donors (Lipinski definition) is 1. The van der Waals surface area contributed by atoms with Crippen LogP contribution in [-0.2, 0) is 9.59 Å². The topological polar surface area (TPSA) is 86.3 Å². The van der Waals surface area contributed by atoms with Crippen molar-refractivity contribution in [2.45, 2.75) is 18.5 Å². The Kier molecular flexibility index (Phi) is 6.72. The smallest absolute Gasteiger partial charge is 0.251 e. The number of hydrogen-bond acceptors (Lipinski definition) is 6. The molecule has 1 saturated heterocycles. The van der Waals surface area contributed by atoms with E-state index in [-0.39, 0.29) is 30.9 Å². The zero-order valence-electron chi connectivity index (χ0n) is 20.9. The van der Waals surface area contributed by atoms with Gasteiger partial charge in [-0.25, -0.2) is 0 Å². The van der Waals surface area contributed by atoms with Gasteiger partial charge in [0.2, 0.25) is 5.91 Å². The highest BCUT2D eigenvalue weighted by Gasteiger charge is 2.46. The Morgan fingerprint density at radius 2 is 1.73 bits per heavy atom. The number of benzene rings is 3. The average Bonchev–Trinajstić information content (AvgIpc) is 2.94. The van der Waals surface area contributed by atoms with Gasteiger partial charge in [0.15, 0.2) is 11.5 Å². The molecule has 0 spiro atoms. The molecule has 0 aromatic heterocycles. The molecule has 0 saturated carbocycles. The van der Waals surface area contributed by atoms with Crippen molar-refractivity contribution >= 4 is 23.6 Å². The summed E-state index contributed by atoms with van der Waals surface area (Å²) in [5.41, 5.74) is 3.02. The van der Waals surface area contributed by atoms with Gasteiger partial charge in [-0.1, -0.05) is 24.3 Å². The maximum Gasteiger partial charge on any atom is 0.251 e. The maximum atomic E-state index is 13.8. The molecule has 0 bridgehead atoms. The van der Waals surface area contributed by atoms with Crippen LogP contribution in [0.5, 0.6) is 23.0 Å². The summed E-state index contributed by atoms with van der Waals surface area (Å²) < 4.78 is 22.0. The summed E-state index contributed by atoms with van der Waals surface area (Å²) >= 11 is 0. The highest BCUT2D eigenvalue weighted by molar-refractivity contribution is 6.01. The first-order valence-electron chi connectivity index (χ1n) is 11.9. The van der Waals surface area contributed by atoms with Crippen molar-refractivity contribution in [1.29, 1.82) is 0 Å². The molecule has 3 aromatic rings. The molecule has 0 aliphatic carbocycles. The van der Waals surface area contributed by atoms with Crippen molar-refractivity contribution in [1.82, 2.24) is 4.90 Å². The highest BCUT2D eigenvalue weighted by Crippen LogP contribution is 2.42. The van der Waals surface area contributed by atoms with Gasteiger partial charge in [0, 0.05) is 11.3 Å². The standard InChI is InChI=1S/C29H28N2O6/c1-34-22-11-9-21(10-12-22)30-29(33)28(20-14-19-6-4-5-7-24(19)37-17-20)31-23(16-27(31)32)18-8-13-25(35-2)26(15-18)36-3/h4-15,23,28H,16-17H2,1-3H3,(H,30,33). The Morgan fingerprint density at radius 1 is 0.973 bits per heavy atom. The van der Waals surface area contributed by atoms with Crippen LogP contribution in [-0.4, -0.2) is 50.7 Å². The van der Waals surface area contributed by atoms with Gasteiger partial charge in [0.05, 0.1) is 33.8 Å². The van der Waals surface area contributed by atoms with Crippen LogP contribution in [0.15, 0.2) is 72.3 Å². The van der Waals surface area contributed by atoms with E-state index in [2.05, 4.69) is 5.32 Å². The minimum atomic E-state index is -0.866. The molecule has 2 amide bonds. The molecule has 0 radical (unpaired) electrons. The number of fused-ring (bicyclic) bond motifs is 1. The summed E-state index contributed by atoms with van der Waals surface area (Å²) in [6.07, 6.45) is 2.22. The Bertz CT molecular complexity index is 1350. The number of carbonyl (C=O) groups is 2. The van der Waals surface area contributed by atoms with Gasteiger partial charge < -0.3 is 29.2 Å². The van der Waals surface area contributed by atoms with E-state index in [4.69, 9.17) is 18.9 Å². The minimum absolute atomic E-state index is 0.116. The van der Waals surface area contributed by atoms with Crippen LogP contribution < -0.4 is 24.3 Å². The zero-order chi connectivity index (χ0) is 25.9. The van der Waals surface area contributed by atoms with Crippen LogP contribution in [0.2, 0.25) is 0 Å². The number of nitrogens with zero attached hydrogens (tertiary/aromatic N) is 1. The average molecular weight is 501 g/mol. The van der Waals surface area contributed by atoms with E-state index < -0.39 is 6.04 Å². The molecule has 8 nitrogen and oxygen atoms in total. The second-order valence-electron chi connectivity index (χ2n) is 8.80. The number of likely N-dealkylation sites (tertiary alicyclic amines) is 1. The van der Waals surface area contributed by atoms with Crippen molar-refractivity contribution < 1.29 is 28.5 Å². The molecule has 8 heteroatoms. The normalized spacial score (nSPS) is 16.9. The third-order valence-corrected chi connectivity index (χ3v) is 6.67. The second kappa shape index (κ2) is 10.3. The number of carbonyl (C=O) groups excluding carboxylic acids is 2. The van der Waals surface area contributed by atoms with Crippen molar-refractivity contribution in [3.05, 3.63) is 83.4 Å². The predicted molar refractivity (Wildman–Crippen MR) is 139 cm³/mol. The van der Waals surface area contributed by atoms with Crippen molar-refractivity contribution in [2.75, 3.05) is 33.3 Å². The lowest BCUT2D eigenvalue weighted by Crippen LogP contribution is -2.57. The fourth-order valence-electron chi connectivity index (χ4n) is 4.74. The van der Waals surface area contributed by atoms with Crippen molar-refractivity contribution in [3.8, 4) is 23.0 Å². The van der Waals surface area contributed by atoms with Crippen molar-refractivity contribution in [3.63, 3.8) is 0 Å². The number of para-hydroxylation sites is 1. The number of methoxy groups -OCH3 is 3. The first kappa shape index (κ1) is 24.2. The maximum absolute atomic E-state index is 13.8. The van der Waals surface area contributed by atoms with E-state index in [9.17, 15) is 9.59 Å². The summed E-state index contributed by atoms with van der Waals surface area (Å²) in [4.78, 5) is 28.5. The first-order valence-corrected chi connectivity index (χ1v) is 11.9. The molecule has 2 heterocycles. The molecular weight excluding hydrogens is 472 g/mol. The molecule has 190 valence electrons. The Morgan fingerprint density at radius 3 is 2.43 bits per heavy atom. The predicted octanol–water partition coefficient (Wildman–Crippen LogP) is 4.47. The molecule has 3 aromatic carbocycles. The van der Waals surface area contributed by atoms with E-state index in [1.165, 1.54) is 0 Å². The first-order chi connectivity index (χ1) is 18.0. The molecule has 1 N–H and O–H groups in total. The molecule has 2 aliphatic heterocycles. The van der Waals surface area contributed by atoms with E-state index >= 15 is 0 Å². The highest BCUT2D eigenvalue weighted by atomic mass is 16.5. The summed E-state index contributed by atoms with van der Waals surface area (Å²) in [6, 6.07) is 19.1. The molecule has 2 aliphatic rings. The van der Waals surface area contributed by atoms with Gasteiger partial charge in [-0.15, -0.1) is 0 Å². The SMILES string of the molecule is COc1ccc(NC(=O)C(C2=Cc3ccccc3OC2)N2C(=O)CC2c2ccc(OC)c(OC)c2)cc1. The van der Waals surface area contributed by atoms with Crippen LogP contribution in [0.4, 0.5) is 5.69 Å². The lowest BCUT2D eigenvalue weighted by atomic mass is 9.88. The molecule has 1 fully saturated rings. The van der Waals surface area contributed by atoms with Gasteiger partial charge in [-0.3, -0.25) is 9.59 Å².